The molecule has 3 rings (SSSR count). The van der Waals surface area contributed by atoms with Gasteiger partial charge in [-0.1, -0.05) is 11.6 Å². The molecule has 0 saturated heterocycles. The van der Waals surface area contributed by atoms with E-state index in [2.05, 4.69) is 11.1 Å². The number of methoxy groups -OCH3 is 1. The first-order chi connectivity index (χ1) is 13.5. The molecular weight excluding hydrogens is 386 g/mol. The highest BCUT2D eigenvalue weighted by molar-refractivity contribution is 6.33. The van der Waals surface area contributed by atoms with Gasteiger partial charge in [-0.15, -0.1) is 0 Å². The molecule has 1 aromatic heterocycles. The van der Waals surface area contributed by atoms with Gasteiger partial charge in [-0.3, -0.25) is 4.79 Å². The Morgan fingerprint density at radius 1 is 1.46 bits per heavy atom. The summed E-state index contributed by atoms with van der Waals surface area (Å²) in [5.41, 5.74) is 9.29. The number of anilines is 1. The standard InChI is InChI=1S/C18H18ClN3O3.CH2O2/c1-3-25-16-6-10(13(19)7-15(16)23-2)17-11(8-20)18(21)22-14-4-5-24-9-12(14)17;2-1-3/h6-7H,3-5,9H2,1-2H3,(H2,21,22);1H,(H,2,3). The lowest BCUT2D eigenvalue weighted by Gasteiger charge is -2.22. The molecule has 0 saturated carbocycles. The zero-order chi connectivity index (χ0) is 20.7. The number of benzene rings is 1. The number of nitriles is 1. The van der Waals surface area contributed by atoms with E-state index in [-0.39, 0.29) is 12.3 Å². The molecule has 0 aliphatic carbocycles. The largest absolute Gasteiger partial charge is 0.493 e. The number of hydrogen-bond acceptors (Lipinski definition) is 7. The third-order valence-corrected chi connectivity index (χ3v) is 4.39. The van der Waals surface area contributed by atoms with Crippen LogP contribution in [0.5, 0.6) is 11.5 Å². The summed E-state index contributed by atoms with van der Waals surface area (Å²) >= 11 is 6.49. The number of carbonyl (C=O) groups is 1. The molecule has 0 bridgehead atoms. The van der Waals surface area contributed by atoms with Gasteiger partial charge in [-0.25, -0.2) is 4.98 Å². The van der Waals surface area contributed by atoms with Crippen LogP contribution in [0.2, 0.25) is 5.02 Å². The highest BCUT2D eigenvalue weighted by Gasteiger charge is 2.25. The second kappa shape index (κ2) is 9.78. The SMILES string of the molecule is CCOc1cc(-c2c(C#N)c(N)nc3c2COCC3)c(Cl)cc1OC.O=CO. The predicted octanol–water partition coefficient (Wildman–Crippen LogP) is 3.04. The molecule has 0 radical (unpaired) electrons. The molecule has 2 aromatic rings. The summed E-state index contributed by atoms with van der Waals surface area (Å²) in [7, 11) is 1.55. The smallest absolute Gasteiger partial charge is 0.290 e. The molecule has 1 aliphatic rings. The summed E-state index contributed by atoms with van der Waals surface area (Å²) < 4.78 is 16.5. The van der Waals surface area contributed by atoms with Crippen molar-refractivity contribution in [3.8, 4) is 28.7 Å². The number of carboxylic acid groups (broad SMARTS) is 1. The molecule has 9 heteroatoms. The van der Waals surface area contributed by atoms with Crippen molar-refractivity contribution >= 4 is 23.9 Å². The van der Waals surface area contributed by atoms with Crippen LogP contribution in [-0.2, 0) is 22.6 Å². The van der Waals surface area contributed by atoms with Crippen LogP contribution < -0.4 is 15.2 Å². The van der Waals surface area contributed by atoms with Gasteiger partial charge >= 0.3 is 0 Å². The molecule has 0 atom stereocenters. The summed E-state index contributed by atoms with van der Waals surface area (Å²) in [5.74, 6) is 1.28. The van der Waals surface area contributed by atoms with Gasteiger partial charge in [0.15, 0.2) is 11.5 Å². The molecule has 0 amide bonds. The quantitative estimate of drug-likeness (QED) is 0.743. The van der Waals surface area contributed by atoms with Crippen molar-refractivity contribution in [2.24, 2.45) is 0 Å². The summed E-state index contributed by atoms with van der Waals surface area (Å²) in [5, 5.41) is 16.9. The van der Waals surface area contributed by atoms with Crippen LogP contribution in [0.1, 0.15) is 23.7 Å². The Bertz CT molecular complexity index is 912. The van der Waals surface area contributed by atoms with Gasteiger partial charge in [0.2, 0.25) is 0 Å². The zero-order valence-electron chi connectivity index (χ0n) is 15.5. The molecule has 0 unspecified atom stereocenters. The Labute approximate surface area is 167 Å². The monoisotopic (exact) mass is 405 g/mol. The topological polar surface area (TPSA) is 128 Å². The zero-order valence-corrected chi connectivity index (χ0v) is 16.2. The first-order valence-electron chi connectivity index (χ1n) is 8.39. The van der Waals surface area contributed by atoms with Crippen LogP contribution in [0.3, 0.4) is 0 Å². The van der Waals surface area contributed by atoms with E-state index in [0.717, 1.165) is 11.3 Å². The van der Waals surface area contributed by atoms with Crippen LogP contribution in [0.4, 0.5) is 5.82 Å². The van der Waals surface area contributed by atoms with Gasteiger partial charge in [0.1, 0.15) is 17.5 Å². The van der Waals surface area contributed by atoms with Gasteiger partial charge < -0.3 is 25.1 Å². The number of hydrogen-bond donors (Lipinski definition) is 2. The van der Waals surface area contributed by atoms with E-state index in [1.165, 1.54) is 0 Å². The Morgan fingerprint density at radius 2 is 2.18 bits per heavy atom. The van der Waals surface area contributed by atoms with E-state index in [1.54, 1.807) is 19.2 Å². The molecule has 8 nitrogen and oxygen atoms in total. The molecule has 0 fully saturated rings. The second-order valence-electron chi connectivity index (χ2n) is 5.61. The predicted molar refractivity (Wildman–Crippen MR) is 104 cm³/mol. The van der Waals surface area contributed by atoms with E-state index < -0.39 is 0 Å². The number of fused-ring (bicyclic) bond motifs is 1. The maximum Gasteiger partial charge on any atom is 0.290 e. The van der Waals surface area contributed by atoms with Crippen molar-refractivity contribution in [3.63, 3.8) is 0 Å². The number of nitrogen functional groups attached to an aromatic ring is 1. The van der Waals surface area contributed by atoms with E-state index in [0.29, 0.717) is 59.5 Å². The Kier molecular flexibility index (Phi) is 7.44. The molecule has 0 spiro atoms. The lowest BCUT2D eigenvalue weighted by atomic mass is 9.92. The molecule has 148 valence electrons. The minimum atomic E-state index is -0.250. The molecule has 1 aromatic carbocycles. The second-order valence-corrected chi connectivity index (χ2v) is 6.02. The van der Waals surface area contributed by atoms with Gasteiger partial charge in [-0.05, 0) is 13.0 Å². The van der Waals surface area contributed by atoms with E-state index in [1.807, 2.05) is 6.92 Å². The average Bonchev–Trinajstić information content (AvgIpc) is 2.69. The number of nitrogens with zero attached hydrogens (tertiary/aromatic N) is 2. The van der Waals surface area contributed by atoms with Gasteiger partial charge in [-0.2, -0.15) is 5.26 Å². The van der Waals surface area contributed by atoms with Gasteiger partial charge in [0.25, 0.3) is 6.47 Å². The van der Waals surface area contributed by atoms with Crippen LogP contribution in [0, 0.1) is 11.3 Å². The van der Waals surface area contributed by atoms with Crippen LogP contribution in [0.15, 0.2) is 12.1 Å². The van der Waals surface area contributed by atoms with Crippen molar-refractivity contribution in [2.45, 2.75) is 20.0 Å². The number of halogens is 1. The van der Waals surface area contributed by atoms with Crippen molar-refractivity contribution in [1.29, 1.82) is 5.26 Å². The van der Waals surface area contributed by atoms with Gasteiger partial charge in [0.05, 0.1) is 37.6 Å². The molecule has 28 heavy (non-hydrogen) atoms. The van der Waals surface area contributed by atoms with Crippen molar-refractivity contribution < 1.29 is 24.1 Å². The Hall–Kier alpha value is -3.02. The average molecular weight is 406 g/mol. The fourth-order valence-electron chi connectivity index (χ4n) is 2.96. The third kappa shape index (κ3) is 4.27. The normalized spacial score (nSPS) is 12.1. The van der Waals surface area contributed by atoms with E-state index in [9.17, 15) is 5.26 Å². The Balaban J connectivity index is 0.000000878. The maximum absolute atomic E-state index is 9.62. The molecule has 2 heterocycles. The first-order valence-corrected chi connectivity index (χ1v) is 8.77. The number of rotatable bonds is 4. The van der Waals surface area contributed by atoms with E-state index >= 15 is 0 Å². The number of nitrogens with two attached hydrogens (primary N) is 1. The first kappa shape index (κ1) is 21.3. The highest BCUT2D eigenvalue weighted by atomic mass is 35.5. The lowest BCUT2D eigenvalue weighted by Crippen LogP contribution is -2.16. The summed E-state index contributed by atoms with van der Waals surface area (Å²) in [6.07, 6.45) is 0.643. The van der Waals surface area contributed by atoms with Crippen LogP contribution in [-0.4, -0.2) is 36.9 Å². The van der Waals surface area contributed by atoms with Gasteiger partial charge in [0, 0.05) is 29.2 Å². The number of aromatic nitrogens is 1. The fourth-order valence-corrected chi connectivity index (χ4v) is 3.21. The third-order valence-electron chi connectivity index (χ3n) is 4.08. The number of pyridine rings is 1. The van der Waals surface area contributed by atoms with Crippen molar-refractivity contribution in [3.05, 3.63) is 34.0 Å². The van der Waals surface area contributed by atoms with Crippen molar-refractivity contribution in [1.82, 2.24) is 4.98 Å². The maximum atomic E-state index is 9.62. The molecular formula is C19H20ClN3O5. The lowest BCUT2D eigenvalue weighted by molar-refractivity contribution is -0.122. The molecule has 3 N–H and O–H groups in total. The summed E-state index contributed by atoms with van der Waals surface area (Å²) in [6.45, 7) is 3.04. The summed E-state index contributed by atoms with van der Waals surface area (Å²) in [6, 6.07) is 5.60. The minimum Gasteiger partial charge on any atom is -0.493 e. The van der Waals surface area contributed by atoms with Crippen LogP contribution >= 0.6 is 11.6 Å². The van der Waals surface area contributed by atoms with E-state index in [4.69, 9.17) is 41.4 Å². The highest BCUT2D eigenvalue weighted by Crippen LogP contribution is 2.43. The summed E-state index contributed by atoms with van der Waals surface area (Å²) in [4.78, 5) is 12.7. The Morgan fingerprint density at radius 3 is 2.79 bits per heavy atom. The fraction of sp³-hybridized carbons (Fsp3) is 0.316. The number of ether oxygens (including phenoxy) is 3. The molecule has 1 aliphatic heterocycles. The van der Waals surface area contributed by atoms with Crippen molar-refractivity contribution in [2.75, 3.05) is 26.1 Å². The minimum absolute atomic E-state index is 0.197. The van der Waals surface area contributed by atoms with Crippen LogP contribution in [0.25, 0.3) is 11.1 Å².